The number of oxazole rings is 1. The Hall–Kier alpha value is -4.98. The number of hydrogen-bond acceptors (Lipinski definition) is 10. The van der Waals surface area contributed by atoms with Gasteiger partial charge in [0.2, 0.25) is 11.8 Å². The molecule has 0 radical (unpaired) electrons. The zero-order valence-electron chi connectivity index (χ0n) is 31.2. The van der Waals surface area contributed by atoms with Gasteiger partial charge in [0, 0.05) is 18.6 Å². The highest BCUT2D eigenvalue weighted by molar-refractivity contribution is 5.86. The van der Waals surface area contributed by atoms with Crippen molar-refractivity contribution in [3.8, 4) is 0 Å². The van der Waals surface area contributed by atoms with Gasteiger partial charge < -0.3 is 50.1 Å². The van der Waals surface area contributed by atoms with Crippen molar-refractivity contribution in [2.24, 2.45) is 5.41 Å². The molecule has 1 heterocycles. The number of amides is 3. The molecule has 13 heteroatoms. The number of aliphatic hydroxyl groups excluding tert-OH is 2. The van der Waals surface area contributed by atoms with Gasteiger partial charge in [0.15, 0.2) is 12.2 Å². The van der Waals surface area contributed by atoms with Crippen LogP contribution in [0.5, 0.6) is 0 Å². The molecule has 0 unspecified atom stereocenters. The molecule has 3 amide bonds. The predicted octanol–water partition coefficient (Wildman–Crippen LogP) is 3.56. The summed E-state index contributed by atoms with van der Waals surface area (Å²) >= 11 is 0. The lowest BCUT2D eigenvalue weighted by Gasteiger charge is -2.45. The van der Waals surface area contributed by atoms with Gasteiger partial charge >= 0.3 is 6.09 Å². The van der Waals surface area contributed by atoms with Gasteiger partial charge in [-0.05, 0) is 62.3 Å². The number of benzene rings is 3. The third-order valence-corrected chi connectivity index (χ3v) is 8.84. The molecular formula is C40H52N5O8-. The molecule has 4 rings (SSSR count). The molecule has 0 spiro atoms. The number of carboxylic acid groups (broad SMARTS) is 1. The molecule has 1 aromatic heterocycles. The van der Waals surface area contributed by atoms with E-state index >= 15 is 0 Å². The van der Waals surface area contributed by atoms with E-state index in [2.05, 4.69) is 20.9 Å². The first kappa shape index (κ1) is 40.8. The maximum absolute atomic E-state index is 13.8. The summed E-state index contributed by atoms with van der Waals surface area (Å²) in [6.07, 6.45) is -4.06. The van der Waals surface area contributed by atoms with Crippen molar-refractivity contribution < 1.29 is 38.9 Å². The topological polar surface area (TPSA) is 189 Å². The molecule has 0 aliphatic carbocycles. The number of para-hydroxylation sites is 2. The van der Waals surface area contributed by atoms with Crippen LogP contribution in [-0.4, -0.2) is 87.2 Å². The fourth-order valence-electron chi connectivity index (χ4n) is 6.18. The summed E-state index contributed by atoms with van der Waals surface area (Å²) < 4.78 is 11.0. The first-order valence-electron chi connectivity index (χ1n) is 17.8. The maximum Gasteiger partial charge on any atom is 0.408 e. The number of nitrogens with zero attached hydrogens (tertiary/aromatic N) is 2. The van der Waals surface area contributed by atoms with Crippen LogP contribution in [0.25, 0.3) is 11.1 Å². The number of ether oxygens (including phenoxy) is 1. The van der Waals surface area contributed by atoms with Gasteiger partial charge in [0.05, 0.1) is 24.3 Å². The SMILES string of the molecule is CC(C)(C)[C@H](NC(=O)OCc1nc2ccccc2o1)C(=O)N[C@@H](Cc1ccccc1)[C@H](O)CNC[C@@H](O)[C@H](Cc1ccccc1)N(C(=O)[O-])C(C)(C)C. The fraction of sp³-hybridized carbons (Fsp3) is 0.450. The first-order chi connectivity index (χ1) is 25.0. The monoisotopic (exact) mass is 730 g/mol. The van der Waals surface area contributed by atoms with E-state index in [9.17, 15) is 29.7 Å². The minimum Gasteiger partial charge on any atom is -0.530 e. The summed E-state index contributed by atoms with van der Waals surface area (Å²) in [6.45, 7) is 10.2. The Morgan fingerprint density at radius 3 is 1.94 bits per heavy atom. The Morgan fingerprint density at radius 2 is 1.38 bits per heavy atom. The van der Waals surface area contributed by atoms with Crippen LogP contribution in [0.15, 0.2) is 89.3 Å². The number of aliphatic hydroxyl groups is 2. The average Bonchev–Trinajstić information content (AvgIpc) is 3.52. The van der Waals surface area contributed by atoms with Crippen LogP contribution in [0.4, 0.5) is 9.59 Å². The number of nitrogens with one attached hydrogen (secondary N) is 3. The third kappa shape index (κ3) is 12.0. The molecule has 0 fully saturated rings. The van der Waals surface area contributed by atoms with Gasteiger partial charge in [-0.1, -0.05) is 93.6 Å². The normalized spacial score (nSPS) is 14.8. The van der Waals surface area contributed by atoms with Crippen LogP contribution in [0.2, 0.25) is 0 Å². The molecule has 0 aliphatic rings. The van der Waals surface area contributed by atoms with Gasteiger partial charge in [-0.3, -0.25) is 4.79 Å². The van der Waals surface area contributed by atoms with Crippen molar-refractivity contribution in [3.63, 3.8) is 0 Å². The highest BCUT2D eigenvalue weighted by atomic mass is 16.6. The van der Waals surface area contributed by atoms with Gasteiger partial charge in [-0.25, -0.2) is 9.78 Å². The van der Waals surface area contributed by atoms with E-state index in [-0.39, 0.29) is 38.4 Å². The number of rotatable bonds is 16. The number of carbonyl (C=O) groups is 3. The van der Waals surface area contributed by atoms with Crippen molar-refractivity contribution >= 4 is 29.2 Å². The second-order valence-electron chi connectivity index (χ2n) is 15.3. The Bertz CT molecular complexity index is 1740. The van der Waals surface area contributed by atoms with Crippen LogP contribution in [-0.2, 0) is 29.0 Å². The second kappa shape index (κ2) is 18.2. The molecule has 4 aromatic rings. The number of aromatic nitrogens is 1. The Balaban J connectivity index is 1.43. The lowest BCUT2D eigenvalue weighted by molar-refractivity contribution is -0.275. The number of fused-ring (bicyclic) bond motifs is 1. The zero-order chi connectivity index (χ0) is 38.8. The largest absolute Gasteiger partial charge is 0.530 e. The number of carbonyl (C=O) groups excluding carboxylic acids is 3. The Labute approximate surface area is 310 Å². The van der Waals surface area contributed by atoms with E-state index in [1.807, 2.05) is 72.8 Å². The van der Waals surface area contributed by atoms with Crippen LogP contribution < -0.4 is 21.1 Å². The van der Waals surface area contributed by atoms with Crippen molar-refractivity contribution in [2.45, 2.75) is 96.9 Å². The quantitative estimate of drug-likeness (QED) is 0.114. The zero-order valence-corrected chi connectivity index (χ0v) is 31.2. The van der Waals surface area contributed by atoms with Crippen LogP contribution in [0.3, 0.4) is 0 Å². The molecule has 286 valence electrons. The first-order valence-corrected chi connectivity index (χ1v) is 17.8. The molecule has 5 atom stereocenters. The summed E-state index contributed by atoms with van der Waals surface area (Å²) in [6, 6.07) is 23.0. The van der Waals surface area contributed by atoms with Gasteiger partial charge in [-0.15, -0.1) is 0 Å². The molecule has 0 bridgehead atoms. The summed E-state index contributed by atoms with van der Waals surface area (Å²) in [7, 11) is 0. The van der Waals surface area contributed by atoms with Crippen molar-refractivity contribution in [1.29, 1.82) is 0 Å². The molecule has 3 aromatic carbocycles. The average molecular weight is 731 g/mol. The van der Waals surface area contributed by atoms with Crippen LogP contribution >= 0.6 is 0 Å². The Kier molecular flexibility index (Phi) is 14.0. The number of alkyl carbamates (subject to hydrolysis) is 1. The van der Waals surface area contributed by atoms with Gasteiger partial charge in [-0.2, -0.15) is 0 Å². The lowest BCUT2D eigenvalue weighted by atomic mass is 9.85. The summed E-state index contributed by atoms with van der Waals surface area (Å²) in [5, 5.41) is 43.8. The van der Waals surface area contributed by atoms with E-state index in [0.29, 0.717) is 11.1 Å². The van der Waals surface area contributed by atoms with Crippen molar-refractivity contribution in [3.05, 3.63) is 102 Å². The number of hydrogen-bond donors (Lipinski definition) is 5. The molecule has 13 nitrogen and oxygen atoms in total. The minimum atomic E-state index is -1.40. The lowest BCUT2D eigenvalue weighted by Crippen LogP contribution is -2.62. The molecule has 0 saturated heterocycles. The fourth-order valence-corrected chi connectivity index (χ4v) is 6.18. The van der Waals surface area contributed by atoms with E-state index in [4.69, 9.17) is 9.15 Å². The highest BCUT2D eigenvalue weighted by Crippen LogP contribution is 2.23. The predicted molar refractivity (Wildman–Crippen MR) is 198 cm³/mol. The van der Waals surface area contributed by atoms with Crippen LogP contribution in [0.1, 0.15) is 58.6 Å². The minimum absolute atomic E-state index is 0.0477. The second-order valence-corrected chi connectivity index (χ2v) is 15.3. The highest BCUT2D eigenvalue weighted by Gasteiger charge is 2.37. The maximum atomic E-state index is 13.8. The van der Waals surface area contributed by atoms with E-state index in [0.717, 1.165) is 16.0 Å². The van der Waals surface area contributed by atoms with Crippen molar-refractivity contribution in [1.82, 2.24) is 25.8 Å². The van der Waals surface area contributed by atoms with E-state index in [1.165, 1.54) is 0 Å². The summed E-state index contributed by atoms with van der Waals surface area (Å²) in [5.74, 6) is -0.326. The van der Waals surface area contributed by atoms with Gasteiger partial charge in [0.1, 0.15) is 17.7 Å². The molecule has 5 N–H and O–H groups in total. The van der Waals surface area contributed by atoms with E-state index < -0.39 is 59.4 Å². The van der Waals surface area contributed by atoms with Gasteiger partial charge in [0.25, 0.3) is 0 Å². The van der Waals surface area contributed by atoms with Crippen molar-refractivity contribution in [2.75, 3.05) is 13.1 Å². The molecule has 53 heavy (non-hydrogen) atoms. The molecule has 0 saturated carbocycles. The summed E-state index contributed by atoms with van der Waals surface area (Å²) in [5.41, 5.74) is 1.26. The third-order valence-electron chi connectivity index (χ3n) is 8.84. The van der Waals surface area contributed by atoms with Crippen LogP contribution in [0, 0.1) is 5.41 Å². The molecular weight excluding hydrogens is 678 g/mol. The molecule has 0 aliphatic heterocycles. The Morgan fingerprint density at radius 1 is 0.811 bits per heavy atom. The van der Waals surface area contributed by atoms with E-state index in [1.54, 1.807) is 53.7 Å². The standard InChI is InChI=1S/C40H53N5O8/c1-39(2,3)35(44-37(49)52-25-34-42-28-19-13-14-20-33(28)53-34)36(48)43-29(21-26-15-9-7-10-16-26)31(46)23-41-24-32(47)30(22-27-17-11-8-12-18-27)45(38(50)51)40(4,5)6/h7-20,29-32,35,41,46-47H,21-25H2,1-6H3,(H,43,48)(H,44,49)(H,50,51)/p-1/t29-,30-,31+,32+,35+/m0/s1. The summed E-state index contributed by atoms with van der Waals surface area (Å²) in [4.78, 5) is 44.5. The smallest absolute Gasteiger partial charge is 0.408 e.